The van der Waals surface area contributed by atoms with E-state index in [0.29, 0.717) is 19.4 Å². The number of aryl methyl sites for hydroxylation is 1. The molecular weight excluding hydrogens is 356 g/mol. The Morgan fingerprint density at radius 1 is 1.27 bits per heavy atom. The van der Waals surface area contributed by atoms with E-state index < -0.39 is 33.9 Å². The van der Waals surface area contributed by atoms with Crippen LogP contribution in [-0.4, -0.2) is 55.4 Å². The molecule has 0 spiro atoms. The fourth-order valence-electron chi connectivity index (χ4n) is 2.74. The number of carbonyl (C=O) groups is 1. The summed E-state index contributed by atoms with van der Waals surface area (Å²) in [7, 11) is -3.80. The van der Waals surface area contributed by atoms with Gasteiger partial charge in [-0.1, -0.05) is 17.7 Å². The molecule has 1 heterocycles. The quantitative estimate of drug-likeness (QED) is 0.831. The van der Waals surface area contributed by atoms with Gasteiger partial charge in [-0.15, -0.1) is 0 Å². The van der Waals surface area contributed by atoms with E-state index in [-0.39, 0.29) is 11.4 Å². The van der Waals surface area contributed by atoms with Gasteiger partial charge < -0.3 is 14.7 Å². The van der Waals surface area contributed by atoms with Crippen molar-refractivity contribution in [1.82, 2.24) is 9.62 Å². The van der Waals surface area contributed by atoms with Crippen molar-refractivity contribution >= 4 is 16.1 Å². The summed E-state index contributed by atoms with van der Waals surface area (Å²) >= 11 is 0. The highest BCUT2D eigenvalue weighted by Crippen LogP contribution is 2.18. The van der Waals surface area contributed by atoms with Crippen molar-refractivity contribution < 1.29 is 23.1 Å². The summed E-state index contributed by atoms with van der Waals surface area (Å²) in [6.45, 7) is 7.66. The van der Waals surface area contributed by atoms with Crippen molar-refractivity contribution in [1.29, 1.82) is 0 Å². The molecule has 2 rings (SSSR count). The van der Waals surface area contributed by atoms with E-state index in [1.807, 2.05) is 6.92 Å². The first-order chi connectivity index (χ1) is 12.0. The number of aliphatic hydroxyl groups is 1. The van der Waals surface area contributed by atoms with Crippen LogP contribution in [0.4, 0.5) is 4.79 Å². The third-order valence-electron chi connectivity index (χ3n) is 4.10. The number of likely N-dealkylation sites (tertiary alicyclic amines) is 1. The average Bonchev–Trinajstić information content (AvgIpc) is 2.68. The third kappa shape index (κ3) is 5.69. The van der Waals surface area contributed by atoms with Crippen LogP contribution in [-0.2, 0) is 14.8 Å². The number of benzene rings is 1. The molecule has 0 saturated carbocycles. The Kier molecular flexibility index (Phi) is 6.31. The van der Waals surface area contributed by atoms with Crippen LogP contribution in [0.3, 0.4) is 0 Å². The highest BCUT2D eigenvalue weighted by molar-refractivity contribution is 7.89. The topological polar surface area (TPSA) is 95.9 Å². The number of hydrogen-bond donors (Lipinski definition) is 2. The zero-order valence-corrected chi connectivity index (χ0v) is 16.5. The van der Waals surface area contributed by atoms with E-state index >= 15 is 0 Å². The number of nitrogens with zero attached hydrogens (tertiary/aromatic N) is 1. The maximum atomic E-state index is 12.6. The number of carbonyl (C=O) groups excluding carboxylic acids is 1. The summed E-state index contributed by atoms with van der Waals surface area (Å²) in [5.41, 5.74) is 0.313. The Morgan fingerprint density at radius 3 is 2.46 bits per heavy atom. The summed E-state index contributed by atoms with van der Waals surface area (Å²) in [4.78, 5) is 13.9. The zero-order chi connectivity index (χ0) is 19.5. The predicted molar refractivity (Wildman–Crippen MR) is 98.3 cm³/mol. The smallest absolute Gasteiger partial charge is 0.410 e. The number of sulfonamides is 1. The summed E-state index contributed by atoms with van der Waals surface area (Å²) in [5, 5.41) is 10.3. The summed E-state index contributed by atoms with van der Waals surface area (Å²) in [6.07, 6.45) is -0.405. The van der Waals surface area contributed by atoms with Gasteiger partial charge >= 0.3 is 6.09 Å². The number of aliphatic hydroxyl groups excluding tert-OH is 1. The number of rotatable bonds is 3. The number of nitrogens with one attached hydrogen (secondary N) is 1. The van der Waals surface area contributed by atoms with Gasteiger partial charge in [0.05, 0.1) is 17.0 Å². The second-order valence-corrected chi connectivity index (χ2v) is 9.39. The number of amides is 1. The van der Waals surface area contributed by atoms with Crippen LogP contribution >= 0.6 is 0 Å². The Bertz CT molecular complexity index is 725. The van der Waals surface area contributed by atoms with Gasteiger partial charge in [0.1, 0.15) is 5.60 Å². The van der Waals surface area contributed by atoms with Gasteiger partial charge in [-0.25, -0.2) is 17.9 Å². The molecule has 7 nitrogen and oxygen atoms in total. The normalized spacial score (nSPS) is 22.0. The molecule has 1 amide bonds. The predicted octanol–water partition coefficient (Wildman–Crippen LogP) is 2.03. The molecule has 8 heteroatoms. The summed E-state index contributed by atoms with van der Waals surface area (Å²) in [5.74, 6) is 0. The minimum absolute atomic E-state index is 0.0567. The molecule has 2 N–H and O–H groups in total. The molecule has 0 aromatic heterocycles. The van der Waals surface area contributed by atoms with Gasteiger partial charge in [0.15, 0.2) is 0 Å². The lowest BCUT2D eigenvalue weighted by Gasteiger charge is -2.29. The van der Waals surface area contributed by atoms with Gasteiger partial charge in [0, 0.05) is 13.1 Å². The van der Waals surface area contributed by atoms with E-state index in [1.54, 1.807) is 32.9 Å². The van der Waals surface area contributed by atoms with Gasteiger partial charge in [0.2, 0.25) is 10.0 Å². The zero-order valence-electron chi connectivity index (χ0n) is 15.7. The first kappa shape index (κ1) is 20.7. The Labute approximate surface area is 155 Å². The Balaban J connectivity index is 2.15. The van der Waals surface area contributed by atoms with E-state index in [9.17, 15) is 18.3 Å². The van der Waals surface area contributed by atoms with Gasteiger partial charge in [0.25, 0.3) is 0 Å². The molecule has 0 unspecified atom stereocenters. The van der Waals surface area contributed by atoms with Crippen molar-refractivity contribution in [2.75, 3.05) is 13.1 Å². The van der Waals surface area contributed by atoms with Crippen molar-refractivity contribution in [2.24, 2.45) is 0 Å². The Hall–Kier alpha value is -1.64. The van der Waals surface area contributed by atoms with E-state index in [0.717, 1.165) is 5.56 Å². The van der Waals surface area contributed by atoms with Crippen LogP contribution in [0.5, 0.6) is 0 Å². The fraction of sp³-hybridized carbons (Fsp3) is 0.611. The lowest BCUT2D eigenvalue weighted by Crippen LogP contribution is -2.50. The largest absolute Gasteiger partial charge is 0.444 e. The SMILES string of the molecule is Cc1ccc(S(=O)(=O)N[C@@H]2CN(C(=O)OC(C)(C)C)CCC[C@H]2O)cc1. The van der Waals surface area contributed by atoms with Crippen LogP contribution in [0.15, 0.2) is 29.2 Å². The van der Waals surface area contributed by atoms with Crippen LogP contribution in [0.25, 0.3) is 0 Å². The van der Waals surface area contributed by atoms with Crippen molar-refractivity contribution in [3.05, 3.63) is 29.8 Å². The minimum atomic E-state index is -3.80. The molecule has 1 aromatic rings. The fourth-order valence-corrected chi connectivity index (χ4v) is 4.00. The van der Waals surface area contributed by atoms with Gasteiger partial charge in [-0.2, -0.15) is 0 Å². The summed E-state index contributed by atoms with van der Waals surface area (Å²) < 4.78 is 33.1. The van der Waals surface area contributed by atoms with Crippen molar-refractivity contribution in [3.63, 3.8) is 0 Å². The molecule has 1 fully saturated rings. The minimum Gasteiger partial charge on any atom is -0.444 e. The molecular formula is C18H28N2O5S. The van der Waals surface area contributed by atoms with Crippen molar-refractivity contribution in [2.45, 2.75) is 63.2 Å². The second kappa shape index (κ2) is 7.94. The van der Waals surface area contributed by atoms with E-state index in [1.165, 1.54) is 17.0 Å². The third-order valence-corrected chi connectivity index (χ3v) is 5.60. The summed E-state index contributed by atoms with van der Waals surface area (Å²) in [6, 6.07) is 5.67. The number of ether oxygens (including phenoxy) is 1. The molecule has 1 aliphatic rings. The first-order valence-corrected chi connectivity index (χ1v) is 10.2. The lowest BCUT2D eigenvalue weighted by atomic mass is 10.1. The molecule has 1 aliphatic heterocycles. The highest BCUT2D eigenvalue weighted by atomic mass is 32.2. The molecule has 0 bridgehead atoms. The average molecular weight is 384 g/mol. The standard InChI is InChI=1S/C18H28N2O5S/c1-13-7-9-14(10-8-13)26(23,24)19-15-12-20(11-5-6-16(15)21)17(22)25-18(2,3)4/h7-10,15-16,19,21H,5-6,11-12H2,1-4H3/t15-,16-/m1/s1. The molecule has 146 valence electrons. The molecule has 2 atom stereocenters. The van der Waals surface area contributed by atoms with Gasteiger partial charge in [-0.3, -0.25) is 0 Å². The maximum Gasteiger partial charge on any atom is 0.410 e. The second-order valence-electron chi connectivity index (χ2n) is 7.68. The first-order valence-electron chi connectivity index (χ1n) is 8.73. The molecule has 0 aliphatic carbocycles. The van der Waals surface area contributed by atoms with Crippen LogP contribution in [0.2, 0.25) is 0 Å². The van der Waals surface area contributed by atoms with E-state index in [4.69, 9.17) is 4.74 Å². The van der Waals surface area contributed by atoms with Crippen molar-refractivity contribution in [3.8, 4) is 0 Å². The van der Waals surface area contributed by atoms with E-state index in [2.05, 4.69) is 4.72 Å². The molecule has 26 heavy (non-hydrogen) atoms. The van der Waals surface area contributed by atoms with Crippen LogP contribution < -0.4 is 4.72 Å². The highest BCUT2D eigenvalue weighted by Gasteiger charge is 2.33. The molecule has 1 aromatic carbocycles. The Morgan fingerprint density at radius 2 is 1.88 bits per heavy atom. The van der Waals surface area contributed by atoms with Gasteiger partial charge in [-0.05, 0) is 52.7 Å². The monoisotopic (exact) mass is 384 g/mol. The van der Waals surface area contributed by atoms with Crippen LogP contribution in [0, 0.1) is 6.92 Å². The number of hydrogen-bond acceptors (Lipinski definition) is 5. The molecule has 1 saturated heterocycles. The molecule has 0 radical (unpaired) electrons. The lowest BCUT2D eigenvalue weighted by molar-refractivity contribution is 0.0233. The maximum absolute atomic E-state index is 12.6. The van der Waals surface area contributed by atoms with Crippen LogP contribution in [0.1, 0.15) is 39.2 Å².